The van der Waals surface area contributed by atoms with E-state index in [1.807, 2.05) is 6.07 Å². The van der Waals surface area contributed by atoms with Crippen molar-refractivity contribution < 1.29 is 13.2 Å². The highest BCUT2D eigenvalue weighted by Gasteiger charge is 2.26. The molecule has 0 saturated heterocycles. The summed E-state index contributed by atoms with van der Waals surface area (Å²) in [7, 11) is 0. The summed E-state index contributed by atoms with van der Waals surface area (Å²) in [4.78, 5) is 11.3. The molecule has 0 saturated carbocycles. The average molecular weight is 310 g/mol. The molecule has 3 rings (SSSR count). The highest BCUT2D eigenvalue weighted by atomic mass is 19.4. The minimum Gasteiger partial charge on any atom is -0.346 e. The number of alkyl halides is 3. The van der Waals surface area contributed by atoms with Crippen LogP contribution in [-0.2, 0) is 6.54 Å². The second-order valence-corrected chi connectivity index (χ2v) is 4.93. The van der Waals surface area contributed by atoms with Gasteiger partial charge in [-0.05, 0) is 19.4 Å². The van der Waals surface area contributed by atoms with Crippen molar-refractivity contribution in [3.63, 3.8) is 0 Å². The molecule has 0 aromatic carbocycles. The molecule has 0 amide bonds. The maximum absolute atomic E-state index is 12.2. The van der Waals surface area contributed by atoms with Crippen LogP contribution in [0.15, 0.2) is 18.6 Å². The quantitative estimate of drug-likeness (QED) is 0.804. The largest absolute Gasteiger partial charge is 0.389 e. The Bertz CT molecular complexity index is 789. The molecule has 0 atom stereocenters. The van der Waals surface area contributed by atoms with Gasteiger partial charge in [0, 0.05) is 24.5 Å². The van der Waals surface area contributed by atoms with Crippen LogP contribution in [0, 0.1) is 6.92 Å². The molecule has 0 aliphatic carbocycles. The highest BCUT2D eigenvalue weighted by molar-refractivity contribution is 5.89. The van der Waals surface area contributed by atoms with Crippen molar-refractivity contribution in [1.82, 2.24) is 29.9 Å². The SMILES string of the molecule is Cc1c(-c2ncnc3[nH]ccc23)nnn1CCCC(F)(F)F. The smallest absolute Gasteiger partial charge is 0.346 e. The van der Waals surface area contributed by atoms with E-state index >= 15 is 0 Å². The lowest BCUT2D eigenvalue weighted by atomic mass is 10.2. The zero-order valence-electron chi connectivity index (χ0n) is 11.7. The number of nitrogens with zero attached hydrogens (tertiary/aromatic N) is 5. The minimum absolute atomic E-state index is 0.0313. The summed E-state index contributed by atoms with van der Waals surface area (Å²) in [6, 6.07) is 1.83. The predicted octanol–water partition coefficient (Wildman–Crippen LogP) is 2.87. The summed E-state index contributed by atoms with van der Waals surface area (Å²) in [5, 5.41) is 8.79. The molecule has 0 aliphatic heterocycles. The van der Waals surface area contributed by atoms with E-state index in [1.165, 1.54) is 11.0 Å². The molecule has 3 heterocycles. The van der Waals surface area contributed by atoms with Crippen molar-refractivity contribution in [2.75, 3.05) is 0 Å². The maximum atomic E-state index is 12.2. The summed E-state index contributed by atoms with van der Waals surface area (Å²) in [5.74, 6) is 0. The molecule has 0 spiro atoms. The van der Waals surface area contributed by atoms with Crippen LogP contribution < -0.4 is 0 Å². The number of aromatic amines is 1. The van der Waals surface area contributed by atoms with Crippen LogP contribution in [0.5, 0.6) is 0 Å². The lowest BCUT2D eigenvalue weighted by Crippen LogP contribution is -2.10. The molecule has 9 heteroatoms. The molecular weight excluding hydrogens is 297 g/mol. The third kappa shape index (κ3) is 2.78. The molecule has 0 bridgehead atoms. The van der Waals surface area contributed by atoms with Crippen molar-refractivity contribution in [2.45, 2.75) is 32.5 Å². The van der Waals surface area contributed by atoms with E-state index in [0.717, 1.165) is 5.39 Å². The minimum atomic E-state index is -4.15. The van der Waals surface area contributed by atoms with E-state index in [2.05, 4.69) is 25.3 Å². The Morgan fingerprint density at radius 2 is 2.05 bits per heavy atom. The van der Waals surface area contributed by atoms with Crippen LogP contribution in [0.1, 0.15) is 18.5 Å². The van der Waals surface area contributed by atoms with E-state index in [9.17, 15) is 13.2 Å². The van der Waals surface area contributed by atoms with Gasteiger partial charge in [-0.2, -0.15) is 13.2 Å². The fourth-order valence-electron chi connectivity index (χ4n) is 2.28. The Morgan fingerprint density at radius 3 is 2.82 bits per heavy atom. The zero-order chi connectivity index (χ0) is 15.7. The number of H-pyrrole nitrogens is 1. The fourth-order valence-corrected chi connectivity index (χ4v) is 2.28. The van der Waals surface area contributed by atoms with E-state index in [4.69, 9.17) is 0 Å². The van der Waals surface area contributed by atoms with E-state index in [0.29, 0.717) is 22.7 Å². The molecular formula is C13H13F3N6. The van der Waals surface area contributed by atoms with Crippen LogP contribution in [0.2, 0.25) is 0 Å². The molecule has 0 unspecified atom stereocenters. The van der Waals surface area contributed by atoms with Gasteiger partial charge in [0.05, 0.1) is 5.69 Å². The molecule has 0 radical (unpaired) electrons. The van der Waals surface area contributed by atoms with Gasteiger partial charge in [0.1, 0.15) is 23.4 Å². The lowest BCUT2D eigenvalue weighted by Gasteiger charge is -2.07. The Hall–Kier alpha value is -2.45. The fraction of sp³-hybridized carbons (Fsp3) is 0.385. The van der Waals surface area contributed by atoms with Crippen molar-refractivity contribution in [1.29, 1.82) is 0 Å². The van der Waals surface area contributed by atoms with Gasteiger partial charge in [0.25, 0.3) is 0 Å². The first-order valence-corrected chi connectivity index (χ1v) is 6.71. The normalized spacial score (nSPS) is 12.2. The molecule has 0 fully saturated rings. The predicted molar refractivity (Wildman–Crippen MR) is 72.9 cm³/mol. The van der Waals surface area contributed by atoms with Crippen molar-refractivity contribution in [3.8, 4) is 11.4 Å². The first-order chi connectivity index (χ1) is 10.5. The third-order valence-electron chi connectivity index (χ3n) is 3.39. The summed E-state index contributed by atoms with van der Waals surface area (Å²) in [6.45, 7) is 1.93. The maximum Gasteiger partial charge on any atom is 0.389 e. The van der Waals surface area contributed by atoms with Gasteiger partial charge < -0.3 is 4.98 Å². The molecule has 1 N–H and O–H groups in total. The summed E-state index contributed by atoms with van der Waals surface area (Å²) in [6.07, 6.45) is -1.86. The van der Waals surface area contributed by atoms with Gasteiger partial charge in [-0.15, -0.1) is 5.10 Å². The number of hydrogen-bond donors (Lipinski definition) is 1. The van der Waals surface area contributed by atoms with Crippen molar-refractivity contribution in [2.24, 2.45) is 0 Å². The van der Waals surface area contributed by atoms with Crippen molar-refractivity contribution in [3.05, 3.63) is 24.3 Å². The van der Waals surface area contributed by atoms with Crippen LogP contribution in [0.25, 0.3) is 22.4 Å². The Morgan fingerprint density at radius 1 is 1.23 bits per heavy atom. The van der Waals surface area contributed by atoms with Crippen LogP contribution in [0.3, 0.4) is 0 Å². The standard InChI is InChI=1S/C13H13F3N6/c1-8-10(11-9-3-5-17-12(9)19-7-18-11)20-21-22(8)6-2-4-13(14,15)16/h3,5,7H,2,4,6H2,1H3,(H,17,18,19). The zero-order valence-corrected chi connectivity index (χ0v) is 11.7. The molecule has 0 aliphatic rings. The number of nitrogens with one attached hydrogen (secondary N) is 1. The Kier molecular flexibility index (Phi) is 3.55. The number of fused-ring (bicyclic) bond motifs is 1. The highest BCUT2D eigenvalue weighted by Crippen LogP contribution is 2.26. The second-order valence-electron chi connectivity index (χ2n) is 4.93. The lowest BCUT2D eigenvalue weighted by molar-refractivity contribution is -0.136. The molecule has 116 valence electrons. The van der Waals surface area contributed by atoms with Crippen LogP contribution >= 0.6 is 0 Å². The average Bonchev–Trinajstić information content (AvgIpc) is 3.05. The van der Waals surface area contributed by atoms with E-state index < -0.39 is 12.6 Å². The van der Waals surface area contributed by atoms with Gasteiger partial charge in [0.2, 0.25) is 0 Å². The first-order valence-electron chi connectivity index (χ1n) is 6.71. The van der Waals surface area contributed by atoms with Gasteiger partial charge >= 0.3 is 6.18 Å². The van der Waals surface area contributed by atoms with Crippen LogP contribution in [0.4, 0.5) is 13.2 Å². The Labute approximate surface area is 123 Å². The summed E-state index contributed by atoms with van der Waals surface area (Å²) >= 11 is 0. The van der Waals surface area contributed by atoms with Gasteiger partial charge in [-0.1, -0.05) is 5.21 Å². The third-order valence-corrected chi connectivity index (χ3v) is 3.39. The van der Waals surface area contributed by atoms with Crippen molar-refractivity contribution >= 4 is 11.0 Å². The monoisotopic (exact) mass is 310 g/mol. The van der Waals surface area contributed by atoms with E-state index in [1.54, 1.807) is 13.1 Å². The molecule has 3 aromatic heterocycles. The summed E-state index contributed by atoms with van der Waals surface area (Å²) < 4.78 is 38.1. The molecule has 6 nitrogen and oxygen atoms in total. The van der Waals surface area contributed by atoms with Crippen LogP contribution in [-0.4, -0.2) is 36.1 Å². The number of halogens is 3. The number of rotatable bonds is 4. The Balaban J connectivity index is 1.86. The first kappa shape index (κ1) is 14.5. The van der Waals surface area contributed by atoms with Gasteiger partial charge in [-0.25, -0.2) is 14.6 Å². The van der Waals surface area contributed by atoms with Gasteiger partial charge in [-0.3, -0.25) is 0 Å². The van der Waals surface area contributed by atoms with E-state index in [-0.39, 0.29) is 13.0 Å². The summed E-state index contributed by atoms with van der Waals surface area (Å²) in [5.41, 5.74) is 2.53. The molecule has 3 aromatic rings. The second kappa shape index (κ2) is 5.39. The topological polar surface area (TPSA) is 72.3 Å². The molecule has 22 heavy (non-hydrogen) atoms. The number of aromatic nitrogens is 6. The van der Waals surface area contributed by atoms with Gasteiger partial charge in [0.15, 0.2) is 0 Å². The number of hydrogen-bond acceptors (Lipinski definition) is 4. The number of aryl methyl sites for hydroxylation is 1.